The van der Waals surface area contributed by atoms with Gasteiger partial charge in [-0.15, -0.1) is 0 Å². The summed E-state index contributed by atoms with van der Waals surface area (Å²) in [6.07, 6.45) is 7.01. The molecule has 2 atom stereocenters. The quantitative estimate of drug-likeness (QED) is 0.477. The van der Waals surface area contributed by atoms with E-state index < -0.39 is 11.6 Å². The lowest BCUT2D eigenvalue weighted by atomic mass is 9.81. The van der Waals surface area contributed by atoms with Crippen LogP contribution < -0.4 is 4.74 Å². The standard InChI is InChI=1S/C32H38N2O5/c35-31(36)24-10-11-25-27(16-24)34-20-32(17-22(19-39-32)18-33-12-14-37-15-13-33)21-38-28-9-5-4-8-26(28)30(34)29(25)23-6-2-1-3-7-23/h4-5,8-11,16,22-23H,1-3,6-7,12-15,17-21H2,(H,35,36)/t22-,32-/m1/s1. The normalized spacial score (nSPS) is 26.1. The van der Waals surface area contributed by atoms with Gasteiger partial charge >= 0.3 is 5.97 Å². The molecule has 1 N–H and O–H groups in total. The van der Waals surface area contributed by atoms with Crippen LogP contribution in [0.15, 0.2) is 42.5 Å². The number of rotatable bonds is 4. The number of ether oxygens (including phenoxy) is 3. The van der Waals surface area contributed by atoms with Crippen LogP contribution >= 0.6 is 0 Å². The van der Waals surface area contributed by atoms with E-state index in [-0.39, 0.29) is 0 Å². The minimum absolute atomic E-state index is 0.330. The lowest BCUT2D eigenvalue weighted by molar-refractivity contribution is -0.0431. The SMILES string of the molecule is O=C(O)c1ccc2c(C3CCCCC3)c3n(c2c1)C[C@@]1(COc2ccccc2-3)C[C@H](CN2CCOCC2)CO1. The van der Waals surface area contributed by atoms with Crippen LogP contribution in [-0.4, -0.2) is 72.2 Å². The Bertz CT molecular complexity index is 1370. The number of carbonyl (C=O) groups is 1. The van der Waals surface area contributed by atoms with E-state index in [4.69, 9.17) is 14.2 Å². The molecule has 206 valence electrons. The third kappa shape index (κ3) is 4.64. The zero-order chi connectivity index (χ0) is 26.4. The maximum atomic E-state index is 12.1. The molecule has 7 nitrogen and oxygen atoms in total. The van der Waals surface area contributed by atoms with Crippen molar-refractivity contribution < 1.29 is 24.1 Å². The molecule has 3 aliphatic heterocycles. The molecule has 0 unspecified atom stereocenters. The minimum Gasteiger partial charge on any atom is -0.490 e. The second-order valence-electron chi connectivity index (χ2n) is 12.0. The summed E-state index contributed by atoms with van der Waals surface area (Å²) in [6, 6.07) is 14.1. The van der Waals surface area contributed by atoms with Crippen LogP contribution in [0.25, 0.3) is 22.2 Å². The average molecular weight is 531 g/mol. The number of carboxylic acid groups (broad SMARTS) is 1. The molecule has 0 radical (unpaired) electrons. The van der Waals surface area contributed by atoms with E-state index in [9.17, 15) is 9.90 Å². The number of para-hydroxylation sites is 1. The van der Waals surface area contributed by atoms with Gasteiger partial charge in [0.25, 0.3) is 0 Å². The van der Waals surface area contributed by atoms with Gasteiger partial charge in [-0.3, -0.25) is 4.90 Å². The zero-order valence-corrected chi connectivity index (χ0v) is 22.6. The fourth-order valence-corrected chi connectivity index (χ4v) is 7.52. The first-order valence-corrected chi connectivity index (χ1v) is 14.7. The highest BCUT2D eigenvalue weighted by Crippen LogP contribution is 2.48. The predicted octanol–water partition coefficient (Wildman–Crippen LogP) is 5.55. The molecular weight excluding hydrogens is 492 g/mol. The molecule has 3 aromatic rings. The van der Waals surface area contributed by atoms with Crippen molar-refractivity contribution in [3.8, 4) is 17.0 Å². The van der Waals surface area contributed by atoms with Crippen molar-refractivity contribution in [1.82, 2.24) is 9.47 Å². The van der Waals surface area contributed by atoms with Gasteiger partial charge in [0.05, 0.1) is 37.6 Å². The van der Waals surface area contributed by atoms with Gasteiger partial charge in [-0.2, -0.15) is 0 Å². The van der Waals surface area contributed by atoms with E-state index in [1.807, 2.05) is 18.2 Å². The highest BCUT2D eigenvalue weighted by atomic mass is 16.5. The first kappa shape index (κ1) is 25.1. The van der Waals surface area contributed by atoms with Gasteiger partial charge in [-0.25, -0.2) is 4.79 Å². The molecule has 39 heavy (non-hydrogen) atoms. The topological polar surface area (TPSA) is 73.2 Å². The number of carboxylic acids is 1. The monoisotopic (exact) mass is 530 g/mol. The first-order chi connectivity index (χ1) is 19.1. The summed E-state index contributed by atoms with van der Waals surface area (Å²) in [5.41, 5.74) is 4.52. The highest BCUT2D eigenvalue weighted by Gasteiger charge is 2.44. The molecule has 2 aromatic carbocycles. The summed E-state index contributed by atoms with van der Waals surface area (Å²) in [4.78, 5) is 14.5. The first-order valence-electron chi connectivity index (χ1n) is 14.7. The maximum absolute atomic E-state index is 12.1. The van der Waals surface area contributed by atoms with E-state index in [0.717, 1.165) is 56.1 Å². The molecule has 3 fully saturated rings. The van der Waals surface area contributed by atoms with Crippen LogP contribution in [0.4, 0.5) is 0 Å². The van der Waals surface area contributed by atoms with Crippen LogP contribution in [0.5, 0.6) is 5.75 Å². The summed E-state index contributed by atoms with van der Waals surface area (Å²) in [6.45, 7) is 6.41. The molecule has 0 bridgehead atoms. The van der Waals surface area contributed by atoms with Gasteiger partial charge in [0.2, 0.25) is 0 Å². The van der Waals surface area contributed by atoms with Crippen molar-refractivity contribution >= 4 is 16.9 Å². The van der Waals surface area contributed by atoms with E-state index >= 15 is 0 Å². The van der Waals surface area contributed by atoms with Crippen LogP contribution in [0.2, 0.25) is 0 Å². The summed E-state index contributed by atoms with van der Waals surface area (Å²) in [7, 11) is 0. The smallest absolute Gasteiger partial charge is 0.335 e. The van der Waals surface area contributed by atoms with Gasteiger partial charge in [0, 0.05) is 36.1 Å². The number of benzene rings is 2. The third-order valence-electron chi connectivity index (χ3n) is 9.35. The molecule has 1 aliphatic carbocycles. The Labute approximate surface area is 229 Å². The maximum Gasteiger partial charge on any atom is 0.335 e. The Hall–Kier alpha value is -2.87. The Balaban J connectivity index is 1.36. The van der Waals surface area contributed by atoms with Crippen molar-refractivity contribution in [2.75, 3.05) is 46.1 Å². The van der Waals surface area contributed by atoms with Crippen molar-refractivity contribution in [2.45, 2.75) is 56.6 Å². The van der Waals surface area contributed by atoms with Crippen LogP contribution in [0.3, 0.4) is 0 Å². The van der Waals surface area contributed by atoms with Crippen LogP contribution in [0, 0.1) is 5.92 Å². The summed E-state index contributed by atoms with van der Waals surface area (Å²) in [5.74, 6) is 0.879. The lowest BCUT2D eigenvalue weighted by Gasteiger charge is -2.34. The molecule has 1 saturated carbocycles. The largest absolute Gasteiger partial charge is 0.490 e. The number of fused-ring (bicyclic) bond motifs is 5. The summed E-state index contributed by atoms with van der Waals surface area (Å²) < 4.78 is 21.3. The van der Waals surface area contributed by atoms with Crippen molar-refractivity contribution in [1.29, 1.82) is 0 Å². The van der Waals surface area contributed by atoms with Gasteiger partial charge in [0.15, 0.2) is 0 Å². The molecule has 0 amide bonds. The van der Waals surface area contributed by atoms with Gasteiger partial charge < -0.3 is 23.9 Å². The second kappa shape index (κ2) is 10.3. The Morgan fingerprint density at radius 3 is 2.69 bits per heavy atom. The molecular formula is C32H38N2O5. The summed E-state index contributed by atoms with van der Waals surface area (Å²) >= 11 is 0. The number of aromatic carboxylic acids is 1. The number of aromatic nitrogens is 1. The van der Waals surface area contributed by atoms with Gasteiger partial charge in [-0.05, 0) is 60.9 Å². The zero-order valence-electron chi connectivity index (χ0n) is 22.6. The second-order valence-corrected chi connectivity index (χ2v) is 12.0. The number of hydrogen-bond donors (Lipinski definition) is 1. The van der Waals surface area contributed by atoms with Crippen molar-refractivity contribution in [2.24, 2.45) is 5.92 Å². The fraction of sp³-hybridized carbons (Fsp3) is 0.531. The minimum atomic E-state index is -0.890. The van der Waals surface area contributed by atoms with Crippen LogP contribution in [-0.2, 0) is 16.0 Å². The molecule has 1 aromatic heterocycles. The van der Waals surface area contributed by atoms with E-state index in [1.54, 1.807) is 6.07 Å². The molecule has 4 aliphatic rings. The highest BCUT2D eigenvalue weighted by molar-refractivity contribution is 5.98. The summed E-state index contributed by atoms with van der Waals surface area (Å²) in [5, 5.41) is 11.1. The van der Waals surface area contributed by atoms with Crippen molar-refractivity contribution in [3.05, 3.63) is 53.6 Å². The molecule has 4 heterocycles. The Morgan fingerprint density at radius 2 is 1.87 bits per heavy atom. The van der Waals surface area contributed by atoms with Gasteiger partial charge in [-0.1, -0.05) is 37.5 Å². The Morgan fingerprint density at radius 1 is 1.05 bits per heavy atom. The predicted molar refractivity (Wildman–Crippen MR) is 150 cm³/mol. The Kier molecular flexibility index (Phi) is 6.61. The van der Waals surface area contributed by atoms with Crippen molar-refractivity contribution in [3.63, 3.8) is 0 Å². The number of morpholine rings is 1. The molecule has 7 rings (SSSR count). The molecule has 7 heteroatoms. The van der Waals surface area contributed by atoms with E-state index in [1.165, 1.54) is 48.7 Å². The number of hydrogen-bond acceptors (Lipinski definition) is 5. The number of nitrogens with zero attached hydrogens (tertiary/aromatic N) is 2. The fourth-order valence-electron chi connectivity index (χ4n) is 7.52. The third-order valence-corrected chi connectivity index (χ3v) is 9.35. The van der Waals surface area contributed by atoms with E-state index in [2.05, 4.69) is 27.7 Å². The van der Waals surface area contributed by atoms with Gasteiger partial charge in [0.1, 0.15) is 18.0 Å². The molecule has 1 spiro atoms. The lowest BCUT2D eigenvalue weighted by Crippen LogP contribution is -2.42. The molecule has 2 saturated heterocycles. The average Bonchev–Trinajstić information content (AvgIpc) is 3.50. The van der Waals surface area contributed by atoms with E-state index in [0.29, 0.717) is 37.2 Å². The van der Waals surface area contributed by atoms with Crippen LogP contribution in [0.1, 0.15) is 60.4 Å².